The van der Waals surface area contributed by atoms with Gasteiger partial charge in [0.2, 0.25) is 0 Å². The summed E-state index contributed by atoms with van der Waals surface area (Å²) in [6, 6.07) is 8.45. The molecule has 1 aromatic carbocycles. The number of hydrogen-bond acceptors (Lipinski definition) is 5. The molecule has 2 heterocycles. The minimum Gasteiger partial charge on any atom is -0.423 e. The van der Waals surface area contributed by atoms with Crippen LogP contribution in [0.4, 0.5) is 5.69 Å². The number of rotatable bonds is 4. The SMILES string of the molecule is CB1O[C@@H](CN)c2ccc(NS(=O)(=O)c3cccnc3)cc21. The summed E-state index contributed by atoms with van der Waals surface area (Å²) in [5.74, 6) is 0. The van der Waals surface area contributed by atoms with Crippen LogP contribution in [0.3, 0.4) is 0 Å². The van der Waals surface area contributed by atoms with Gasteiger partial charge in [0, 0.05) is 24.6 Å². The average Bonchev–Trinajstić information content (AvgIpc) is 2.84. The third kappa shape index (κ3) is 2.72. The van der Waals surface area contributed by atoms with Gasteiger partial charge in [0.1, 0.15) is 4.90 Å². The quantitative estimate of drug-likeness (QED) is 0.811. The lowest BCUT2D eigenvalue weighted by atomic mass is 9.64. The molecule has 1 aliphatic rings. The van der Waals surface area contributed by atoms with E-state index < -0.39 is 10.0 Å². The van der Waals surface area contributed by atoms with Crippen molar-refractivity contribution in [1.29, 1.82) is 0 Å². The summed E-state index contributed by atoms with van der Waals surface area (Å²) in [6.45, 7) is 2.22. The van der Waals surface area contributed by atoms with E-state index in [1.165, 1.54) is 18.5 Å². The van der Waals surface area contributed by atoms with Gasteiger partial charge in [-0.25, -0.2) is 8.42 Å². The van der Waals surface area contributed by atoms with Gasteiger partial charge in [0.05, 0.1) is 6.10 Å². The molecule has 8 heteroatoms. The molecule has 114 valence electrons. The highest BCUT2D eigenvalue weighted by atomic mass is 32.2. The summed E-state index contributed by atoms with van der Waals surface area (Å²) < 4.78 is 32.9. The Hall–Kier alpha value is -1.90. The summed E-state index contributed by atoms with van der Waals surface area (Å²) >= 11 is 0. The average molecular weight is 317 g/mol. The van der Waals surface area contributed by atoms with Crippen molar-refractivity contribution in [3.8, 4) is 0 Å². The number of benzene rings is 1. The molecule has 0 aliphatic carbocycles. The molecule has 3 rings (SSSR count). The topological polar surface area (TPSA) is 94.3 Å². The minimum atomic E-state index is -3.65. The van der Waals surface area contributed by atoms with E-state index in [1.54, 1.807) is 18.2 Å². The zero-order chi connectivity index (χ0) is 15.7. The Morgan fingerprint density at radius 2 is 2.23 bits per heavy atom. The zero-order valence-corrected chi connectivity index (χ0v) is 12.9. The second-order valence-corrected chi connectivity index (χ2v) is 6.82. The molecule has 6 nitrogen and oxygen atoms in total. The molecule has 0 bridgehead atoms. The van der Waals surface area contributed by atoms with Crippen LogP contribution in [0.25, 0.3) is 0 Å². The maximum Gasteiger partial charge on any atom is 0.324 e. The molecular weight excluding hydrogens is 301 g/mol. The van der Waals surface area contributed by atoms with Crippen molar-refractivity contribution in [2.24, 2.45) is 5.73 Å². The highest BCUT2D eigenvalue weighted by Gasteiger charge is 2.31. The first-order valence-corrected chi connectivity index (χ1v) is 8.42. The summed E-state index contributed by atoms with van der Waals surface area (Å²) in [5.41, 5.74) is 8.15. The van der Waals surface area contributed by atoms with E-state index in [4.69, 9.17) is 10.4 Å². The smallest absolute Gasteiger partial charge is 0.324 e. The molecule has 0 amide bonds. The van der Waals surface area contributed by atoms with Crippen LogP contribution in [-0.4, -0.2) is 26.9 Å². The van der Waals surface area contributed by atoms with Gasteiger partial charge < -0.3 is 10.4 Å². The van der Waals surface area contributed by atoms with Crippen LogP contribution in [0.1, 0.15) is 11.7 Å². The summed E-state index contributed by atoms with van der Waals surface area (Å²) in [6.07, 6.45) is 2.71. The third-order valence-electron chi connectivity index (χ3n) is 3.65. The fourth-order valence-corrected chi connectivity index (χ4v) is 3.59. The summed E-state index contributed by atoms with van der Waals surface area (Å²) in [7, 11) is -3.65. The number of fused-ring (bicyclic) bond motifs is 1. The Morgan fingerprint density at radius 1 is 1.41 bits per heavy atom. The number of nitrogens with one attached hydrogen (secondary N) is 1. The molecule has 0 fully saturated rings. The van der Waals surface area contributed by atoms with Crippen molar-refractivity contribution in [1.82, 2.24) is 4.98 Å². The first kappa shape index (κ1) is 15.0. The minimum absolute atomic E-state index is 0.105. The van der Waals surface area contributed by atoms with Crippen molar-refractivity contribution in [3.63, 3.8) is 0 Å². The van der Waals surface area contributed by atoms with Gasteiger partial charge in [-0.05, 0) is 35.3 Å². The Kier molecular flexibility index (Phi) is 3.90. The van der Waals surface area contributed by atoms with Crippen LogP contribution < -0.4 is 15.9 Å². The zero-order valence-electron chi connectivity index (χ0n) is 12.1. The number of pyridine rings is 1. The third-order valence-corrected chi connectivity index (χ3v) is 5.02. The van der Waals surface area contributed by atoms with E-state index in [-0.39, 0.29) is 17.9 Å². The molecule has 22 heavy (non-hydrogen) atoms. The van der Waals surface area contributed by atoms with Crippen molar-refractivity contribution in [2.75, 3.05) is 11.3 Å². The first-order chi connectivity index (χ1) is 10.5. The second kappa shape index (κ2) is 5.71. The predicted molar refractivity (Wildman–Crippen MR) is 85.6 cm³/mol. The van der Waals surface area contributed by atoms with Crippen LogP contribution in [0.5, 0.6) is 0 Å². The van der Waals surface area contributed by atoms with Gasteiger partial charge >= 0.3 is 6.92 Å². The maximum absolute atomic E-state index is 12.3. The van der Waals surface area contributed by atoms with Crippen LogP contribution in [-0.2, 0) is 14.7 Å². The van der Waals surface area contributed by atoms with Gasteiger partial charge in [-0.2, -0.15) is 0 Å². The van der Waals surface area contributed by atoms with Gasteiger partial charge in [0.15, 0.2) is 0 Å². The fraction of sp³-hybridized carbons (Fsp3) is 0.214. The number of nitrogens with zero attached hydrogens (tertiary/aromatic N) is 1. The number of aromatic nitrogens is 1. The van der Waals surface area contributed by atoms with Gasteiger partial charge in [-0.3, -0.25) is 9.71 Å². The number of sulfonamides is 1. The van der Waals surface area contributed by atoms with E-state index in [2.05, 4.69) is 9.71 Å². The van der Waals surface area contributed by atoms with E-state index in [0.29, 0.717) is 12.2 Å². The standard InChI is InChI=1S/C14H16BN3O3S/c1-15-13-7-10(4-5-12(13)14(8-16)21-15)18-22(19,20)11-3-2-6-17-9-11/h2-7,9,14,18H,8,16H2,1H3/t14-/m0/s1. The van der Waals surface area contributed by atoms with E-state index in [1.807, 2.05) is 12.9 Å². The lowest BCUT2D eigenvalue weighted by Gasteiger charge is -2.11. The Morgan fingerprint density at radius 3 is 2.91 bits per heavy atom. The molecule has 1 atom stereocenters. The molecule has 2 aromatic rings. The monoisotopic (exact) mass is 317 g/mol. The van der Waals surface area contributed by atoms with Gasteiger partial charge in [-0.15, -0.1) is 0 Å². The molecular formula is C14H16BN3O3S. The first-order valence-electron chi connectivity index (χ1n) is 6.93. The van der Waals surface area contributed by atoms with Crippen molar-refractivity contribution < 1.29 is 13.1 Å². The molecule has 3 N–H and O–H groups in total. The molecule has 0 unspecified atom stereocenters. The Labute approximate surface area is 129 Å². The number of hydrogen-bond donors (Lipinski definition) is 2. The lowest BCUT2D eigenvalue weighted by Crippen LogP contribution is -2.25. The van der Waals surface area contributed by atoms with Crippen molar-refractivity contribution in [3.05, 3.63) is 48.3 Å². The number of anilines is 1. The fourth-order valence-electron chi connectivity index (χ4n) is 2.58. The normalized spacial score (nSPS) is 17.4. The molecule has 0 spiro atoms. The van der Waals surface area contributed by atoms with Crippen molar-refractivity contribution in [2.45, 2.75) is 17.8 Å². The second-order valence-electron chi connectivity index (χ2n) is 5.14. The molecule has 0 saturated carbocycles. The van der Waals surface area contributed by atoms with Crippen LogP contribution in [0.2, 0.25) is 6.82 Å². The molecule has 0 radical (unpaired) electrons. The Balaban J connectivity index is 1.90. The Bertz CT molecular complexity index is 783. The van der Waals surface area contributed by atoms with Crippen LogP contribution in [0, 0.1) is 0 Å². The lowest BCUT2D eigenvalue weighted by molar-refractivity contribution is 0.235. The van der Waals surface area contributed by atoms with E-state index >= 15 is 0 Å². The highest BCUT2D eigenvalue weighted by Crippen LogP contribution is 2.25. The van der Waals surface area contributed by atoms with E-state index in [9.17, 15) is 8.42 Å². The van der Waals surface area contributed by atoms with Crippen LogP contribution >= 0.6 is 0 Å². The van der Waals surface area contributed by atoms with E-state index in [0.717, 1.165) is 11.0 Å². The predicted octanol–water partition coefficient (Wildman–Crippen LogP) is 0.741. The highest BCUT2D eigenvalue weighted by molar-refractivity contribution is 7.92. The van der Waals surface area contributed by atoms with Gasteiger partial charge in [-0.1, -0.05) is 12.9 Å². The maximum atomic E-state index is 12.3. The summed E-state index contributed by atoms with van der Waals surface area (Å²) in [4.78, 5) is 3.96. The van der Waals surface area contributed by atoms with Gasteiger partial charge in [0.25, 0.3) is 10.0 Å². The summed E-state index contributed by atoms with van der Waals surface area (Å²) in [5, 5.41) is 0. The van der Waals surface area contributed by atoms with Crippen LogP contribution in [0.15, 0.2) is 47.6 Å². The molecule has 1 aromatic heterocycles. The molecule has 1 aliphatic heterocycles. The largest absolute Gasteiger partial charge is 0.423 e. The number of nitrogens with two attached hydrogens (primary N) is 1. The molecule has 0 saturated heterocycles. The van der Waals surface area contributed by atoms with Crippen molar-refractivity contribution >= 4 is 28.1 Å².